The molecule has 4 nitrogen and oxygen atoms in total. The number of phenolic OH excluding ortho intramolecular Hbond substituents is 1. The number of pyridine rings is 1. The van der Waals surface area contributed by atoms with Gasteiger partial charge in [0.25, 0.3) is 0 Å². The fourth-order valence-electron chi connectivity index (χ4n) is 2.94. The summed E-state index contributed by atoms with van der Waals surface area (Å²) in [6.07, 6.45) is 4.21. The van der Waals surface area contributed by atoms with E-state index >= 15 is 0 Å². The number of phenols is 1. The van der Waals surface area contributed by atoms with Crippen LogP contribution in [0.5, 0.6) is 5.75 Å². The molecule has 4 heteroatoms. The van der Waals surface area contributed by atoms with Crippen molar-refractivity contribution in [2.75, 3.05) is 11.9 Å². The lowest BCUT2D eigenvalue weighted by atomic mass is 9.96. The summed E-state index contributed by atoms with van der Waals surface area (Å²) >= 11 is 0. The number of benzene rings is 1. The number of rotatable bonds is 9. The van der Waals surface area contributed by atoms with Gasteiger partial charge < -0.3 is 15.7 Å². The van der Waals surface area contributed by atoms with Crippen molar-refractivity contribution in [3.05, 3.63) is 54.2 Å². The summed E-state index contributed by atoms with van der Waals surface area (Å²) in [5, 5.41) is 16.4. The highest BCUT2D eigenvalue weighted by Crippen LogP contribution is 2.27. The van der Waals surface area contributed by atoms with Crippen LogP contribution < -0.4 is 10.6 Å². The zero-order chi connectivity index (χ0) is 19.1. The lowest BCUT2D eigenvalue weighted by molar-refractivity contribution is 0.475. The van der Waals surface area contributed by atoms with E-state index in [1.54, 1.807) is 18.2 Å². The first-order valence-corrected chi connectivity index (χ1v) is 9.43. The molecule has 0 spiro atoms. The van der Waals surface area contributed by atoms with Crippen LogP contribution >= 0.6 is 0 Å². The molecule has 0 saturated carbocycles. The Balaban J connectivity index is 2.18. The maximum atomic E-state index is 9.61. The summed E-state index contributed by atoms with van der Waals surface area (Å²) in [6, 6.07) is 9.10. The molecular weight excluding hydrogens is 322 g/mol. The van der Waals surface area contributed by atoms with E-state index in [1.165, 1.54) is 18.4 Å². The van der Waals surface area contributed by atoms with Gasteiger partial charge in [-0.05, 0) is 35.6 Å². The van der Waals surface area contributed by atoms with E-state index in [1.807, 2.05) is 12.3 Å². The summed E-state index contributed by atoms with van der Waals surface area (Å²) in [6.45, 7) is 14.0. The van der Waals surface area contributed by atoms with Crippen molar-refractivity contribution in [3.8, 4) is 5.75 Å². The first kappa shape index (κ1) is 19.8. The van der Waals surface area contributed by atoms with Gasteiger partial charge in [-0.15, -0.1) is 0 Å². The molecule has 2 rings (SSSR count). The van der Waals surface area contributed by atoms with E-state index < -0.39 is 0 Å². The summed E-state index contributed by atoms with van der Waals surface area (Å²) in [4.78, 5) is 4.54. The fraction of sp³-hybridized carbons (Fsp3) is 0.409. The van der Waals surface area contributed by atoms with Crippen LogP contribution in [0.2, 0.25) is 0 Å². The van der Waals surface area contributed by atoms with Crippen LogP contribution in [0.25, 0.3) is 5.70 Å². The van der Waals surface area contributed by atoms with Gasteiger partial charge in [0.05, 0.1) is 0 Å². The molecule has 0 radical (unpaired) electrons. The maximum absolute atomic E-state index is 9.61. The summed E-state index contributed by atoms with van der Waals surface area (Å²) in [5.41, 5.74) is 4.00. The maximum Gasteiger partial charge on any atom is 0.130 e. The molecule has 26 heavy (non-hydrogen) atoms. The smallest absolute Gasteiger partial charge is 0.130 e. The highest BCUT2D eigenvalue weighted by Gasteiger charge is 2.13. The number of aromatic hydroxyl groups is 1. The Morgan fingerprint density at radius 2 is 1.92 bits per heavy atom. The average Bonchev–Trinajstić information content (AvgIpc) is 2.62. The van der Waals surface area contributed by atoms with E-state index in [0.29, 0.717) is 11.8 Å². The minimum absolute atomic E-state index is 0.231. The molecule has 0 aliphatic rings. The summed E-state index contributed by atoms with van der Waals surface area (Å²) in [5.74, 6) is 2.00. The monoisotopic (exact) mass is 353 g/mol. The SMILES string of the molecule is C=C(NCC(CC)CC)c1cnc(Nc2cccc(O)c2)cc1C(C)C. The number of anilines is 2. The largest absolute Gasteiger partial charge is 0.508 e. The fourth-order valence-corrected chi connectivity index (χ4v) is 2.94. The molecule has 0 aliphatic carbocycles. The molecule has 3 N–H and O–H groups in total. The Bertz CT molecular complexity index is 736. The number of aromatic nitrogens is 1. The van der Waals surface area contributed by atoms with Crippen molar-refractivity contribution in [2.24, 2.45) is 5.92 Å². The third-order valence-corrected chi connectivity index (χ3v) is 4.76. The van der Waals surface area contributed by atoms with E-state index in [4.69, 9.17) is 0 Å². The molecule has 0 unspecified atom stereocenters. The number of nitrogens with zero attached hydrogens (tertiary/aromatic N) is 1. The van der Waals surface area contributed by atoms with Crippen LogP contribution in [0, 0.1) is 5.92 Å². The van der Waals surface area contributed by atoms with Gasteiger partial charge in [0.15, 0.2) is 0 Å². The second kappa shape index (κ2) is 9.27. The third-order valence-electron chi connectivity index (χ3n) is 4.76. The van der Waals surface area contributed by atoms with E-state index in [9.17, 15) is 5.11 Å². The Morgan fingerprint density at radius 1 is 1.19 bits per heavy atom. The second-order valence-corrected chi connectivity index (χ2v) is 7.03. The van der Waals surface area contributed by atoms with Crippen LogP contribution in [0.3, 0.4) is 0 Å². The molecule has 1 heterocycles. The number of hydrogen-bond donors (Lipinski definition) is 3. The molecule has 0 bridgehead atoms. The van der Waals surface area contributed by atoms with Crippen molar-refractivity contribution in [1.82, 2.24) is 10.3 Å². The molecule has 0 amide bonds. The van der Waals surface area contributed by atoms with E-state index in [2.05, 4.69) is 56.0 Å². The van der Waals surface area contributed by atoms with Crippen molar-refractivity contribution in [3.63, 3.8) is 0 Å². The van der Waals surface area contributed by atoms with Gasteiger partial charge >= 0.3 is 0 Å². The van der Waals surface area contributed by atoms with Gasteiger partial charge in [-0.25, -0.2) is 4.98 Å². The van der Waals surface area contributed by atoms with Gasteiger partial charge in [-0.1, -0.05) is 53.2 Å². The number of nitrogens with one attached hydrogen (secondary N) is 2. The molecule has 0 fully saturated rings. The normalized spacial score (nSPS) is 11.0. The standard InChI is InChI=1S/C22H31N3O/c1-6-17(7-2)13-23-16(5)21-14-24-22(12-20(21)15(3)4)25-18-9-8-10-19(26)11-18/h8-12,14-15,17,23,26H,5-7,13H2,1-4H3,(H,24,25). The lowest BCUT2D eigenvalue weighted by Gasteiger charge is -2.20. The second-order valence-electron chi connectivity index (χ2n) is 7.03. The lowest BCUT2D eigenvalue weighted by Crippen LogP contribution is -2.21. The zero-order valence-corrected chi connectivity index (χ0v) is 16.3. The Hall–Kier alpha value is -2.49. The van der Waals surface area contributed by atoms with E-state index in [0.717, 1.165) is 29.3 Å². The molecule has 1 aromatic heterocycles. The molecule has 0 saturated heterocycles. The molecule has 2 aromatic rings. The summed E-state index contributed by atoms with van der Waals surface area (Å²) < 4.78 is 0. The van der Waals surface area contributed by atoms with Gasteiger partial charge in [-0.3, -0.25) is 0 Å². The van der Waals surface area contributed by atoms with Crippen LogP contribution in [0.4, 0.5) is 11.5 Å². The predicted molar refractivity (Wildman–Crippen MR) is 111 cm³/mol. The van der Waals surface area contributed by atoms with Gasteiger partial charge in [-0.2, -0.15) is 0 Å². The highest BCUT2D eigenvalue weighted by molar-refractivity contribution is 5.68. The Labute approximate surface area is 157 Å². The van der Waals surface area contributed by atoms with Crippen LogP contribution in [0.1, 0.15) is 57.6 Å². The van der Waals surface area contributed by atoms with Crippen LogP contribution in [0.15, 0.2) is 43.1 Å². The van der Waals surface area contributed by atoms with Crippen molar-refractivity contribution in [1.29, 1.82) is 0 Å². The topological polar surface area (TPSA) is 57.2 Å². The average molecular weight is 354 g/mol. The minimum Gasteiger partial charge on any atom is -0.508 e. The van der Waals surface area contributed by atoms with Gasteiger partial charge in [0, 0.05) is 35.8 Å². The van der Waals surface area contributed by atoms with Crippen molar-refractivity contribution < 1.29 is 5.11 Å². The minimum atomic E-state index is 0.231. The van der Waals surface area contributed by atoms with Crippen molar-refractivity contribution in [2.45, 2.75) is 46.5 Å². The first-order chi connectivity index (χ1) is 12.4. The summed E-state index contributed by atoms with van der Waals surface area (Å²) in [7, 11) is 0. The van der Waals surface area contributed by atoms with Crippen molar-refractivity contribution >= 4 is 17.2 Å². The van der Waals surface area contributed by atoms with Gasteiger partial charge in [0.1, 0.15) is 11.6 Å². The predicted octanol–water partition coefficient (Wildman–Crippen LogP) is 5.65. The Kier molecular flexibility index (Phi) is 7.07. The first-order valence-electron chi connectivity index (χ1n) is 9.43. The Morgan fingerprint density at radius 3 is 2.54 bits per heavy atom. The van der Waals surface area contributed by atoms with E-state index in [-0.39, 0.29) is 5.75 Å². The molecule has 0 aliphatic heterocycles. The molecular formula is C22H31N3O. The quantitative estimate of drug-likeness (QED) is 0.545. The van der Waals surface area contributed by atoms with Crippen LogP contribution in [-0.2, 0) is 0 Å². The molecule has 0 atom stereocenters. The molecule has 1 aromatic carbocycles. The third kappa shape index (κ3) is 5.25. The van der Waals surface area contributed by atoms with Gasteiger partial charge in [0.2, 0.25) is 0 Å². The molecule has 140 valence electrons. The van der Waals surface area contributed by atoms with Crippen LogP contribution in [-0.4, -0.2) is 16.6 Å². The number of hydrogen-bond acceptors (Lipinski definition) is 4. The highest BCUT2D eigenvalue weighted by atomic mass is 16.3. The zero-order valence-electron chi connectivity index (χ0n) is 16.3.